The zero-order valence-corrected chi connectivity index (χ0v) is 16.8. The number of methoxy groups -OCH3 is 1. The minimum Gasteiger partial charge on any atom is -0.383 e. The van der Waals surface area contributed by atoms with Gasteiger partial charge in [0.2, 0.25) is 0 Å². The summed E-state index contributed by atoms with van der Waals surface area (Å²) in [5.41, 5.74) is 1.52. The smallest absolute Gasteiger partial charge is 0.173 e. The number of nitrogens with zero attached hydrogens (tertiary/aromatic N) is 6. The molecule has 2 heterocycles. The van der Waals surface area contributed by atoms with E-state index in [4.69, 9.17) is 4.74 Å². The largest absolute Gasteiger partial charge is 0.383 e. The van der Waals surface area contributed by atoms with Gasteiger partial charge >= 0.3 is 0 Å². The number of hydrogen-bond donors (Lipinski definition) is 0. The standard InChI is InChI=1S/C21H24F2N6O/c1-30-15-14-29-21(24-25-26-29)20(16-6-8-17(22)9-7-16)28-12-10-27(11-13-28)19-5-3-2-4-18(19)23/h2-9,20H,10-15H2,1H3/t20-/m1/s1. The average Bonchev–Trinajstić information content (AvgIpc) is 3.23. The fourth-order valence-corrected chi connectivity index (χ4v) is 3.84. The fraction of sp³-hybridized carbons (Fsp3) is 0.381. The van der Waals surface area contributed by atoms with Crippen LogP contribution in [0.3, 0.4) is 0 Å². The molecule has 4 rings (SSSR count). The number of hydrogen-bond acceptors (Lipinski definition) is 6. The lowest BCUT2D eigenvalue weighted by Crippen LogP contribution is -2.48. The molecule has 3 aromatic rings. The van der Waals surface area contributed by atoms with Crippen LogP contribution in [0.15, 0.2) is 48.5 Å². The third-order valence-corrected chi connectivity index (χ3v) is 5.37. The van der Waals surface area contributed by atoms with Crippen molar-refractivity contribution in [3.8, 4) is 0 Å². The Morgan fingerprint density at radius 1 is 1.00 bits per heavy atom. The summed E-state index contributed by atoms with van der Waals surface area (Å²) >= 11 is 0. The monoisotopic (exact) mass is 414 g/mol. The topological polar surface area (TPSA) is 59.3 Å². The highest BCUT2D eigenvalue weighted by atomic mass is 19.1. The maximum atomic E-state index is 14.2. The van der Waals surface area contributed by atoms with Crippen molar-refractivity contribution >= 4 is 5.69 Å². The first-order valence-electron chi connectivity index (χ1n) is 9.91. The van der Waals surface area contributed by atoms with Crippen LogP contribution in [0.25, 0.3) is 0 Å². The van der Waals surface area contributed by atoms with E-state index >= 15 is 0 Å². The van der Waals surface area contributed by atoms with Crippen LogP contribution in [0.2, 0.25) is 0 Å². The van der Waals surface area contributed by atoms with Gasteiger partial charge in [0.05, 0.1) is 24.9 Å². The summed E-state index contributed by atoms with van der Waals surface area (Å²) in [4.78, 5) is 4.29. The van der Waals surface area contributed by atoms with Crippen LogP contribution in [0, 0.1) is 11.6 Å². The number of ether oxygens (including phenoxy) is 1. The SMILES string of the molecule is COCCn1nnnc1[C@@H](c1ccc(F)cc1)N1CCN(c2ccccc2F)CC1. The van der Waals surface area contributed by atoms with Gasteiger partial charge in [-0.15, -0.1) is 5.10 Å². The highest BCUT2D eigenvalue weighted by molar-refractivity contribution is 5.48. The Labute approximate surface area is 173 Å². The molecule has 0 N–H and O–H groups in total. The number of rotatable bonds is 7. The second kappa shape index (κ2) is 9.27. The van der Waals surface area contributed by atoms with Crippen LogP contribution < -0.4 is 4.90 Å². The van der Waals surface area contributed by atoms with Gasteiger partial charge in [-0.05, 0) is 40.3 Å². The van der Waals surface area contributed by atoms with E-state index in [0.29, 0.717) is 50.8 Å². The number of para-hydroxylation sites is 1. The molecule has 158 valence electrons. The molecule has 0 bridgehead atoms. The molecule has 0 saturated carbocycles. The maximum Gasteiger partial charge on any atom is 0.173 e. The summed E-state index contributed by atoms with van der Waals surface area (Å²) in [6, 6.07) is 13.0. The summed E-state index contributed by atoms with van der Waals surface area (Å²) in [5.74, 6) is 0.170. The number of benzene rings is 2. The van der Waals surface area contributed by atoms with Gasteiger partial charge in [-0.25, -0.2) is 13.5 Å². The second-order valence-corrected chi connectivity index (χ2v) is 7.18. The van der Waals surface area contributed by atoms with Crippen molar-refractivity contribution < 1.29 is 13.5 Å². The Morgan fingerprint density at radius 2 is 1.73 bits per heavy atom. The molecular weight excluding hydrogens is 390 g/mol. The predicted molar refractivity (Wildman–Crippen MR) is 108 cm³/mol. The third-order valence-electron chi connectivity index (χ3n) is 5.37. The molecule has 1 saturated heterocycles. The predicted octanol–water partition coefficient (Wildman–Crippen LogP) is 2.51. The Kier molecular flexibility index (Phi) is 6.29. The molecule has 0 spiro atoms. The quantitative estimate of drug-likeness (QED) is 0.592. The van der Waals surface area contributed by atoms with E-state index in [2.05, 4.69) is 20.4 Å². The number of halogens is 2. The van der Waals surface area contributed by atoms with Crippen molar-refractivity contribution in [1.29, 1.82) is 0 Å². The van der Waals surface area contributed by atoms with Crippen LogP contribution in [0.5, 0.6) is 0 Å². The zero-order valence-electron chi connectivity index (χ0n) is 16.8. The lowest BCUT2D eigenvalue weighted by molar-refractivity contribution is 0.171. The van der Waals surface area contributed by atoms with Gasteiger partial charge in [-0.1, -0.05) is 24.3 Å². The van der Waals surface area contributed by atoms with Gasteiger partial charge in [-0.3, -0.25) is 4.90 Å². The molecule has 1 aromatic heterocycles. The van der Waals surface area contributed by atoms with E-state index in [1.165, 1.54) is 18.2 Å². The van der Waals surface area contributed by atoms with Crippen LogP contribution >= 0.6 is 0 Å². The number of anilines is 1. The van der Waals surface area contributed by atoms with E-state index in [9.17, 15) is 8.78 Å². The van der Waals surface area contributed by atoms with Gasteiger partial charge < -0.3 is 9.64 Å². The van der Waals surface area contributed by atoms with Crippen LogP contribution in [0.1, 0.15) is 17.4 Å². The summed E-state index contributed by atoms with van der Waals surface area (Å²) in [7, 11) is 1.63. The fourth-order valence-electron chi connectivity index (χ4n) is 3.84. The minimum atomic E-state index is -0.291. The van der Waals surface area contributed by atoms with Crippen molar-refractivity contribution in [1.82, 2.24) is 25.1 Å². The first kappa shape index (κ1) is 20.4. The molecule has 1 fully saturated rings. The van der Waals surface area contributed by atoms with E-state index in [-0.39, 0.29) is 17.7 Å². The summed E-state index contributed by atoms with van der Waals surface area (Å²) in [6.45, 7) is 3.71. The lowest BCUT2D eigenvalue weighted by Gasteiger charge is -2.40. The molecular formula is C21H24F2N6O. The molecule has 0 amide bonds. The zero-order chi connectivity index (χ0) is 20.9. The number of aromatic nitrogens is 4. The van der Waals surface area contributed by atoms with Gasteiger partial charge in [0.1, 0.15) is 11.6 Å². The van der Waals surface area contributed by atoms with Gasteiger partial charge in [0.25, 0.3) is 0 Å². The Bertz CT molecular complexity index is 956. The Balaban J connectivity index is 1.59. The van der Waals surface area contributed by atoms with Crippen molar-refractivity contribution in [2.45, 2.75) is 12.6 Å². The second-order valence-electron chi connectivity index (χ2n) is 7.18. The maximum absolute atomic E-state index is 14.2. The van der Waals surface area contributed by atoms with Gasteiger partial charge in [0, 0.05) is 33.3 Å². The Morgan fingerprint density at radius 3 is 2.43 bits per heavy atom. The third kappa shape index (κ3) is 4.31. The van der Waals surface area contributed by atoms with E-state index in [1.807, 2.05) is 11.0 Å². The summed E-state index contributed by atoms with van der Waals surface area (Å²) in [6.07, 6.45) is 0. The lowest BCUT2D eigenvalue weighted by atomic mass is 10.0. The highest BCUT2D eigenvalue weighted by Gasteiger charge is 2.31. The molecule has 0 radical (unpaired) electrons. The molecule has 1 aliphatic rings. The molecule has 2 aromatic carbocycles. The van der Waals surface area contributed by atoms with Crippen molar-refractivity contribution in [2.24, 2.45) is 0 Å². The summed E-state index contributed by atoms with van der Waals surface area (Å²) < 4.78 is 34.6. The van der Waals surface area contributed by atoms with Gasteiger partial charge in [-0.2, -0.15) is 0 Å². The first-order chi connectivity index (χ1) is 14.7. The molecule has 0 unspecified atom stereocenters. The van der Waals surface area contributed by atoms with Crippen LogP contribution in [-0.2, 0) is 11.3 Å². The molecule has 9 heteroatoms. The van der Waals surface area contributed by atoms with Crippen LogP contribution in [-0.4, -0.2) is 65.0 Å². The number of piperazine rings is 1. The van der Waals surface area contributed by atoms with Crippen molar-refractivity contribution in [3.05, 3.63) is 71.6 Å². The Hall–Kier alpha value is -2.91. The minimum absolute atomic E-state index is 0.218. The van der Waals surface area contributed by atoms with E-state index < -0.39 is 0 Å². The highest BCUT2D eigenvalue weighted by Crippen LogP contribution is 2.29. The molecule has 1 atom stereocenters. The van der Waals surface area contributed by atoms with Gasteiger partial charge in [0.15, 0.2) is 5.82 Å². The molecule has 7 nitrogen and oxygen atoms in total. The van der Waals surface area contributed by atoms with E-state index in [1.54, 1.807) is 36.1 Å². The van der Waals surface area contributed by atoms with Crippen molar-refractivity contribution in [3.63, 3.8) is 0 Å². The normalized spacial score (nSPS) is 16.0. The number of tetrazole rings is 1. The van der Waals surface area contributed by atoms with E-state index in [0.717, 1.165) is 5.56 Å². The molecule has 30 heavy (non-hydrogen) atoms. The molecule has 1 aliphatic heterocycles. The average molecular weight is 414 g/mol. The summed E-state index contributed by atoms with van der Waals surface area (Å²) in [5, 5.41) is 12.2. The van der Waals surface area contributed by atoms with Crippen molar-refractivity contribution in [2.75, 3.05) is 44.8 Å². The van der Waals surface area contributed by atoms with Crippen LogP contribution in [0.4, 0.5) is 14.5 Å². The first-order valence-corrected chi connectivity index (χ1v) is 9.91. The molecule has 0 aliphatic carbocycles.